The van der Waals surface area contributed by atoms with E-state index in [1.807, 2.05) is 6.07 Å². The molecule has 5 heteroatoms. The van der Waals surface area contributed by atoms with Gasteiger partial charge in [0.05, 0.1) is 6.10 Å². The summed E-state index contributed by atoms with van der Waals surface area (Å²) in [6, 6.07) is 5.31. The SMILES string of the molecule is O=C(CCc1ccc(Cl)cc1Cl)N1CCC[C@H](O)C1. The Hall–Kier alpha value is -0.770. The molecule has 0 spiro atoms. The highest BCUT2D eigenvalue weighted by molar-refractivity contribution is 6.35. The molecule has 1 fully saturated rings. The first-order chi connectivity index (χ1) is 9.06. The highest BCUT2D eigenvalue weighted by Gasteiger charge is 2.21. The summed E-state index contributed by atoms with van der Waals surface area (Å²) in [4.78, 5) is 13.8. The number of carbonyl (C=O) groups is 1. The number of halogens is 2. The van der Waals surface area contributed by atoms with E-state index < -0.39 is 0 Å². The van der Waals surface area contributed by atoms with Crippen molar-refractivity contribution in [1.29, 1.82) is 0 Å². The monoisotopic (exact) mass is 301 g/mol. The van der Waals surface area contributed by atoms with Gasteiger partial charge in [0.2, 0.25) is 5.91 Å². The first kappa shape index (κ1) is 14.6. The molecule has 0 radical (unpaired) electrons. The third-order valence-electron chi connectivity index (χ3n) is 3.37. The predicted octanol–water partition coefficient (Wildman–Crippen LogP) is 2.91. The summed E-state index contributed by atoms with van der Waals surface area (Å²) >= 11 is 11.9. The van der Waals surface area contributed by atoms with Crippen LogP contribution in [0.2, 0.25) is 10.0 Å². The van der Waals surface area contributed by atoms with Crippen molar-refractivity contribution in [2.45, 2.75) is 31.8 Å². The maximum atomic E-state index is 12.0. The van der Waals surface area contributed by atoms with Gasteiger partial charge in [-0.2, -0.15) is 0 Å². The summed E-state index contributed by atoms with van der Waals surface area (Å²) < 4.78 is 0. The minimum absolute atomic E-state index is 0.0739. The van der Waals surface area contributed by atoms with Gasteiger partial charge in [-0.3, -0.25) is 4.79 Å². The summed E-state index contributed by atoms with van der Waals surface area (Å²) in [5.41, 5.74) is 0.928. The fraction of sp³-hybridized carbons (Fsp3) is 0.500. The quantitative estimate of drug-likeness (QED) is 0.932. The van der Waals surface area contributed by atoms with Crippen molar-refractivity contribution >= 4 is 29.1 Å². The van der Waals surface area contributed by atoms with Crippen molar-refractivity contribution in [2.24, 2.45) is 0 Å². The summed E-state index contributed by atoms with van der Waals surface area (Å²) in [6.07, 6.45) is 2.29. The molecule has 0 bridgehead atoms. The van der Waals surface area contributed by atoms with Crippen molar-refractivity contribution in [1.82, 2.24) is 4.90 Å². The average Bonchev–Trinajstić information content (AvgIpc) is 2.37. The average molecular weight is 302 g/mol. The molecule has 0 aromatic heterocycles. The fourth-order valence-corrected chi connectivity index (χ4v) is 2.81. The molecule has 1 aliphatic rings. The third-order valence-corrected chi connectivity index (χ3v) is 3.96. The van der Waals surface area contributed by atoms with E-state index in [0.29, 0.717) is 29.4 Å². The number of benzene rings is 1. The highest BCUT2D eigenvalue weighted by Crippen LogP contribution is 2.22. The van der Waals surface area contributed by atoms with Gasteiger partial charge in [-0.25, -0.2) is 0 Å². The van der Waals surface area contributed by atoms with E-state index in [1.165, 1.54) is 0 Å². The van der Waals surface area contributed by atoms with Crippen molar-refractivity contribution in [2.75, 3.05) is 13.1 Å². The second-order valence-electron chi connectivity index (χ2n) is 4.87. The number of aliphatic hydroxyl groups is 1. The Bertz CT molecular complexity index is 465. The summed E-state index contributed by atoms with van der Waals surface area (Å²) in [7, 11) is 0. The zero-order valence-corrected chi connectivity index (χ0v) is 12.1. The molecule has 1 saturated heterocycles. The molecule has 1 atom stereocenters. The van der Waals surface area contributed by atoms with Crippen molar-refractivity contribution in [3.8, 4) is 0 Å². The molecule has 3 nitrogen and oxygen atoms in total. The lowest BCUT2D eigenvalue weighted by Gasteiger charge is -2.30. The molecule has 1 amide bonds. The topological polar surface area (TPSA) is 40.5 Å². The smallest absolute Gasteiger partial charge is 0.222 e. The number of aliphatic hydroxyl groups excluding tert-OH is 1. The lowest BCUT2D eigenvalue weighted by molar-refractivity contribution is -0.134. The van der Waals surface area contributed by atoms with E-state index in [-0.39, 0.29) is 12.0 Å². The first-order valence-electron chi connectivity index (χ1n) is 6.46. The minimum Gasteiger partial charge on any atom is -0.391 e. The number of carbonyl (C=O) groups excluding carboxylic acids is 1. The molecular formula is C14H17Cl2NO2. The summed E-state index contributed by atoms with van der Waals surface area (Å²) in [5, 5.41) is 10.8. The van der Waals surface area contributed by atoms with Gasteiger partial charge in [0.1, 0.15) is 0 Å². The highest BCUT2D eigenvalue weighted by atomic mass is 35.5. The molecule has 104 valence electrons. The first-order valence-corrected chi connectivity index (χ1v) is 7.21. The van der Waals surface area contributed by atoms with E-state index in [2.05, 4.69) is 0 Å². The number of hydrogen-bond donors (Lipinski definition) is 1. The van der Waals surface area contributed by atoms with Crippen molar-refractivity contribution in [3.05, 3.63) is 33.8 Å². The number of likely N-dealkylation sites (tertiary alicyclic amines) is 1. The number of amides is 1. The minimum atomic E-state index is -0.378. The van der Waals surface area contributed by atoms with Gasteiger partial charge < -0.3 is 10.0 Å². The molecule has 2 rings (SSSR count). The normalized spacial score (nSPS) is 19.5. The predicted molar refractivity (Wildman–Crippen MR) is 76.6 cm³/mol. The molecule has 0 aliphatic carbocycles. The van der Waals surface area contributed by atoms with Gasteiger partial charge in [0.25, 0.3) is 0 Å². The van der Waals surface area contributed by atoms with Crippen molar-refractivity contribution < 1.29 is 9.90 Å². The Kier molecular flexibility index (Phi) is 5.08. The van der Waals surface area contributed by atoms with E-state index in [9.17, 15) is 9.90 Å². The van der Waals surface area contributed by atoms with Gasteiger partial charge in [-0.05, 0) is 37.0 Å². The Balaban J connectivity index is 1.89. The zero-order chi connectivity index (χ0) is 13.8. The molecular weight excluding hydrogens is 285 g/mol. The number of rotatable bonds is 3. The number of aryl methyl sites for hydroxylation is 1. The molecule has 0 saturated carbocycles. The second-order valence-corrected chi connectivity index (χ2v) is 5.72. The Morgan fingerprint density at radius 1 is 1.42 bits per heavy atom. The van der Waals surface area contributed by atoms with Gasteiger partial charge in [0.15, 0.2) is 0 Å². The van der Waals surface area contributed by atoms with Gasteiger partial charge in [0, 0.05) is 29.6 Å². The Labute approximate surface area is 123 Å². The number of β-amino-alcohol motifs (C(OH)–C–C–N with tert-alkyl or cyclic N) is 1. The molecule has 1 N–H and O–H groups in total. The Morgan fingerprint density at radius 3 is 2.89 bits per heavy atom. The molecule has 1 aromatic carbocycles. The largest absolute Gasteiger partial charge is 0.391 e. The van der Waals surface area contributed by atoms with E-state index in [4.69, 9.17) is 23.2 Å². The van der Waals surface area contributed by atoms with E-state index >= 15 is 0 Å². The van der Waals surface area contributed by atoms with Crippen LogP contribution in [0.3, 0.4) is 0 Å². The molecule has 1 aliphatic heterocycles. The number of piperidine rings is 1. The maximum Gasteiger partial charge on any atom is 0.222 e. The third kappa shape index (κ3) is 4.10. The standard InChI is InChI=1S/C14H17Cl2NO2/c15-11-5-3-10(13(16)8-11)4-6-14(19)17-7-1-2-12(18)9-17/h3,5,8,12,18H,1-2,4,6-7,9H2/t12-/m0/s1. The van der Waals surface area contributed by atoms with Crippen LogP contribution >= 0.6 is 23.2 Å². The van der Waals surface area contributed by atoms with Crippen LogP contribution in [-0.4, -0.2) is 35.1 Å². The zero-order valence-electron chi connectivity index (χ0n) is 10.6. The van der Waals surface area contributed by atoms with Gasteiger partial charge in [-0.1, -0.05) is 29.3 Å². The van der Waals surface area contributed by atoms with Gasteiger partial charge >= 0.3 is 0 Å². The summed E-state index contributed by atoms with van der Waals surface area (Å²) in [6.45, 7) is 1.19. The van der Waals surface area contributed by atoms with Crippen LogP contribution in [0.5, 0.6) is 0 Å². The number of nitrogens with zero attached hydrogens (tertiary/aromatic N) is 1. The van der Waals surface area contributed by atoms with Crippen LogP contribution in [0.4, 0.5) is 0 Å². The Morgan fingerprint density at radius 2 is 2.21 bits per heavy atom. The van der Waals surface area contributed by atoms with Crippen LogP contribution in [0.15, 0.2) is 18.2 Å². The van der Waals surface area contributed by atoms with Crippen LogP contribution in [0.25, 0.3) is 0 Å². The van der Waals surface area contributed by atoms with Crippen LogP contribution < -0.4 is 0 Å². The lowest BCUT2D eigenvalue weighted by Crippen LogP contribution is -2.42. The van der Waals surface area contributed by atoms with Gasteiger partial charge in [-0.15, -0.1) is 0 Å². The molecule has 1 heterocycles. The van der Waals surface area contributed by atoms with Crippen LogP contribution in [-0.2, 0) is 11.2 Å². The van der Waals surface area contributed by atoms with E-state index in [1.54, 1.807) is 17.0 Å². The van der Waals surface area contributed by atoms with Crippen LogP contribution in [0.1, 0.15) is 24.8 Å². The molecule has 0 unspecified atom stereocenters. The second kappa shape index (κ2) is 6.60. The van der Waals surface area contributed by atoms with Crippen LogP contribution in [0, 0.1) is 0 Å². The molecule has 19 heavy (non-hydrogen) atoms. The van der Waals surface area contributed by atoms with Crippen molar-refractivity contribution in [3.63, 3.8) is 0 Å². The molecule has 1 aromatic rings. The van der Waals surface area contributed by atoms with E-state index in [0.717, 1.165) is 24.9 Å². The maximum absolute atomic E-state index is 12.0. The lowest BCUT2D eigenvalue weighted by atomic mass is 10.1. The number of hydrogen-bond acceptors (Lipinski definition) is 2. The fourth-order valence-electron chi connectivity index (χ4n) is 2.31. The summed E-state index contributed by atoms with van der Waals surface area (Å²) in [5.74, 6) is 0.0739.